The zero-order valence-corrected chi connectivity index (χ0v) is 14.8. The summed E-state index contributed by atoms with van der Waals surface area (Å²) in [6.45, 7) is 5.74. The van der Waals surface area contributed by atoms with E-state index in [1.165, 1.54) is 11.3 Å². The fraction of sp³-hybridized carbons (Fsp3) is 0.353. The van der Waals surface area contributed by atoms with E-state index >= 15 is 0 Å². The number of thiazole rings is 1. The van der Waals surface area contributed by atoms with E-state index in [9.17, 15) is 9.59 Å². The molecule has 2 amide bonds. The maximum absolute atomic E-state index is 12.1. The van der Waals surface area contributed by atoms with Crippen LogP contribution in [-0.4, -0.2) is 35.3 Å². The van der Waals surface area contributed by atoms with Crippen molar-refractivity contribution < 1.29 is 9.59 Å². The zero-order chi connectivity index (χ0) is 17.3. The number of amides is 2. The third kappa shape index (κ3) is 3.63. The number of anilines is 2. The number of likely N-dealkylation sites (N-methyl/N-ethyl adjacent to an activating group) is 1. The highest BCUT2D eigenvalue weighted by atomic mass is 32.1. The topological polar surface area (TPSA) is 74.3 Å². The lowest BCUT2D eigenvalue weighted by Gasteiger charge is -2.20. The summed E-state index contributed by atoms with van der Waals surface area (Å²) >= 11 is 1.43. The highest BCUT2D eigenvalue weighted by Gasteiger charge is 2.21. The molecule has 1 aromatic carbocycles. The van der Waals surface area contributed by atoms with Gasteiger partial charge in [-0.1, -0.05) is 6.07 Å². The normalized spacial score (nSPS) is 14.1. The summed E-state index contributed by atoms with van der Waals surface area (Å²) in [5.41, 5.74) is 3.82. The first-order valence-corrected chi connectivity index (χ1v) is 8.61. The summed E-state index contributed by atoms with van der Waals surface area (Å²) in [5, 5.41) is 5.70. The summed E-state index contributed by atoms with van der Waals surface area (Å²) < 4.78 is 0. The minimum atomic E-state index is -0.701. The Bertz CT molecular complexity index is 800. The van der Waals surface area contributed by atoms with Crippen molar-refractivity contribution in [3.63, 3.8) is 0 Å². The van der Waals surface area contributed by atoms with Gasteiger partial charge in [-0.25, -0.2) is 4.98 Å². The van der Waals surface area contributed by atoms with Crippen LogP contribution in [0.2, 0.25) is 0 Å². The molecular formula is C17H20N4O2S. The van der Waals surface area contributed by atoms with Gasteiger partial charge in [-0.3, -0.25) is 14.9 Å². The molecule has 0 radical (unpaired) electrons. The van der Waals surface area contributed by atoms with Crippen LogP contribution in [0.25, 0.3) is 0 Å². The van der Waals surface area contributed by atoms with E-state index in [4.69, 9.17) is 0 Å². The van der Waals surface area contributed by atoms with Gasteiger partial charge in [0.25, 0.3) is 0 Å². The summed E-state index contributed by atoms with van der Waals surface area (Å²) in [6, 6.07) is 5.54. The highest BCUT2D eigenvalue weighted by Crippen LogP contribution is 2.27. The maximum atomic E-state index is 12.1. The number of carbonyl (C=O) groups excluding carboxylic acids is 2. The zero-order valence-electron chi connectivity index (χ0n) is 14.0. The van der Waals surface area contributed by atoms with E-state index in [0.717, 1.165) is 41.2 Å². The Morgan fingerprint density at radius 1 is 1.17 bits per heavy atom. The molecule has 0 saturated carbocycles. The molecule has 0 atom stereocenters. The van der Waals surface area contributed by atoms with E-state index in [-0.39, 0.29) is 0 Å². The number of rotatable bonds is 2. The molecule has 0 aliphatic carbocycles. The van der Waals surface area contributed by atoms with Crippen LogP contribution in [0.1, 0.15) is 21.7 Å². The van der Waals surface area contributed by atoms with Crippen molar-refractivity contribution >= 4 is 34.0 Å². The van der Waals surface area contributed by atoms with Crippen LogP contribution in [0.5, 0.6) is 0 Å². The second-order valence-electron chi connectivity index (χ2n) is 6.08. The minimum absolute atomic E-state index is 0.482. The van der Waals surface area contributed by atoms with Gasteiger partial charge < -0.3 is 10.2 Å². The van der Waals surface area contributed by atoms with E-state index in [0.29, 0.717) is 10.8 Å². The molecule has 7 heteroatoms. The molecule has 0 spiro atoms. The second kappa shape index (κ2) is 6.70. The van der Waals surface area contributed by atoms with Crippen LogP contribution in [-0.2, 0) is 22.6 Å². The predicted molar refractivity (Wildman–Crippen MR) is 95.3 cm³/mol. The first-order valence-electron chi connectivity index (χ1n) is 7.79. The molecular weight excluding hydrogens is 324 g/mol. The summed E-state index contributed by atoms with van der Waals surface area (Å²) in [5.74, 6) is -1.39. The van der Waals surface area contributed by atoms with Gasteiger partial charge in [0.15, 0.2) is 5.13 Å². The first-order chi connectivity index (χ1) is 11.4. The number of hydrogen-bond donors (Lipinski definition) is 2. The van der Waals surface area contributed by atoms with Gasteiger partial charge in [0.1, 0.15) is 0 Å². The summed E-state index contributed by atoms with van der Waals surface area (Å²) in [6.07, 6.45) is 0.868. The highest BCUT2D eigenvalue weighted by molar-refractivity contribution is 7.16. The van der Waals surface area contributed by atoms with Crippen molar-refractivity contribution in [1.82, 2.24) is 9.88 Å². The average molecular weight is 344 g/mol. The SMILES string of the molecule is Cc1ccc(NC(=O)C(=O)Nc2nc3c(s2)CN(C)CC3)cc1C. The van der Waals surface area contributed by atoms with E-state index < -0.39 is 11.8 Å². The molecule has 24 heavy (non-hydrogen) atoms. The van der Waals surface area contributed by atoms with Gasteiger partial charge in [0, 0.05) is 30.1 Å². The number of benzene rings is 1. The first kappa shape index (κ1) is 16.6. The average Bonchev–Trinajstić information content (AvgIpc) is 2.92. The summed E-state index contributed by atoms with van der Waals surface area (Å²) in [4.78, 5) is 31.9. The number of fused-ring (bicyclic) bond motifs is 1. The third-order valence-electron chi connectivity index (χ3n) is 4.11. The molecule has 1 aromatic heterocycles. The van der Waals surface area contributed by atoms with Crippen molar-refractivity contribution in [1.29, 1.82) is 0 Å². The number of aromatic nitrogens is 1. The molecule has 2 aromatic rings. The number of aryl methyl sites for hydroxylation is 2. The molecule has 6 nitrogen and oxygen atoms in total. The van der Waals surface area contributed by atoms with Gasteiger partial charge in [0.05, 0.1) is 5.69 Å². The Kier molecular flexibility index (Phi) is 4.64. The van der Waals surface area contributed by atoms with Crippen LogP contribution >= 0.6 is 11.3 Å². The lowest BCUT2D eigenvalue weighted by Crippen LogP contribution is -2.29. The van der Waals surface area contributed by atoms with Gasteiger partial charge in [-0.15, -0.1) is 11.3 Å². The largest absolute Gasteiger partial charge is 0.318 e. The van der Waals surface area contributed by atoms with E-state index in [2.05, 4.69) is 27.6 Å². The maximum Gasteiger partial charge on any atom is 0.315 e. The molecule has 0 saturated heterocycles. The van der Waals surface area contributed by atoms with Gasteiger partial charge >= 0.3 is 11.8 Å². The standard InChI is InChI=1S/C17H20N4O2S/c1-10-4-5-12(8-11(10)2)18-15(22)16(23)20-17-19-13-6-7-21(3)9-14(13)24-17/h4-5,8H,6-7,9H2,1-3H3,(H,18,22)(H,19,20,23). The Morgan fingerprint density at radius 3 is 2.67 bits per heavy atom. The van der Waals surface area contributed by atoms with Crippen LogP contribution < -0.4 is 10.6 Å². The monoisotopic (exact) mass is 344 g/mol. The Labute approximate surface area is 144 Å². The lowest BCUT2D eigenvalue weighted by molar-refractivity contribution is -0.132. The molecule has 2 N–H and O–H groups in total. The van der Waals surface area contributed by atoms with Crippen molar-refractivity contribution in [2.24, 2.45) is 0 Å². The molecule has 0 unspecified atom stereocenters. The Hall–Kier alpha value is -2.25. The molecule has 3 rings (SSSR count). The van der Waals surface area contributed by atoms with Crippen molar-refractivity contribution in [3.05, 3.63) is 39.9 Å². The third-order valence-corrected chi connectivity index (χ3v) is 5.11. The number of carbonyl (C=O) groups is 2. The molecule has 1 aliphatic heterocycles. The molecule has 0 fully saturated rings. The van der Waals surface area contributed by atoms with Crippen molar-refractivity contribution in [2.45, 2.75) is 26.8 Å². The van der Waals surface area contributed by atoms with Crippen molar-refractivity contribution in [2.75, 3.05) is 24.2 Å². The van der Waals surface area contributed by atoms with E-state index in [1.54, 1.807) is 6.07 Å². The van der Waals surface area contributed by atoms with Gasteiger partial charge in [0.2, 0.25) is 0 Å². The quantitative estimate of drug-likeness (QED) is 0.820. The summed E-state index contributed by atoms with van der Waals surface area (Å²) in [7, 11) is 2.05. The minimum Gasteiger partial charge on any atom is -0.318 e. The fourth-order valence-corrected chi connectivity index (χ4v) is 3.62. The number of nitrogens with zero attached hydrogens (tertiary/aromatic N) is 2. The molecule has 1 aliphatic rings. The van der Waals surface area contributed by atoms with Crippen LogP contribution in [0.3, 0.4) is 0 Å². The lowest BCUT2D eigenvalue weighted by atomic mass is 10.1. The van der Waals surface area contributed by atoms with Crippen LogP contribution in [0, 0.1) is 13.8 Å². The van der Waals surface area contributed by atoms with Gasteiger partial charge in [-0.2, -0.15) is 0 Å². The van der Waals surface area contributed by atoms with E-state index in [1.807, 2.05) is 26.0 Å². The van der Waals surface area contributed by atoms with Gasteiger partial charge in [-0.05, 0) is 44.2 Å². The Morgan fingerprint density at radius 2 is 1.92 bits per heavy atom. The van der Waals surface area contributed by atoms with Crippen LogP contribution in [0.15, 0.2) is 18.2 Å². The number of hydrogen-bond acceptors (Lipinski definition) is 5. The smallest absolute Gasteiger partial charge is 0.315 e. The van der Waals surface area contributed by atoms with Crippen molar-refractivity contribution in [3.8, 4) is 0 Å². The fourth-order valence-electron chi connectivity index (χ4n) is 2.54. The van der Waals surface area contributed by atoms with Crippen LogP contribution in [0.4, 0.5) is 10.8 Å². The Balaban J connectivity index is 1.64. The number of nitrogens with one attached hydrogen (secondary N) is 2. The molecule has 2 heterocycles. The second-order valence-corrected chi connectivity index (χ2v) is 7.17. The molecule has 0 bridgehead atoms. The molecule has 126 valence electrons. The predicted octanol–water partition coefficient (Wildman–Crippen LogP) is 2.33.